The summed E-state index contributed by atoms with van der Waals surface area (Å²) in [5, 5.41) is 0. The molecule has 0 atom stereocenters. The number of hydrogen-bond acceptors (Lipinski definition) is 1. The first-order valence-corrected chi connectivity index (χ1v) is 7.40. The van der Waals surface area contributed by atoms with Crippen LogP contribution in [0.15, 0.2) is 0 Å². The van der Waals surface area contributed by atoms with Gasteiger partial charge in [0.1, 0.15) is 0 Å². The second kappa shape index (κ2) is 8.59. The van der Waals surface area contributed by atoms with Crippen molar-refractivity contribution in [3.63, 3.8) is 0 Å². The first kappa shape index (κ1) is 13.5. The van der Waals surface area contributed by atoms with E-state index in [-0.39, 0.29) is 0 Å². The monoisotopic (exact) mass is 298 g/mol. The summed E-state index contributed by atoms with van der Waals surface area (Å²) >= 11 is 3.17. The van der Waals surface area contributed by atoms with Gasteiger partial charge in [0.05, 0.1) is 0 Å². The predicted octanol–water partition coefficient (Wildman–Crippen LogP) is 3.51. The van der Waals surface area contributed by atoms with Gasteiger partial charge in [-0.25, -0.2) is 0 Å². The summed E-state index contributed by atoms with van der Waals surface area (Å²) in [6, 6.07) is 0. The Morgan fingerprint density at radius 2 is 1.67 bits per heavy atom. The van der Waals surface area contributed by atoms with E-state index in [0.717, 1.165) is 0 Å². The zero-order valence-electron chi connectivity index (χ0n) is 10.1. The molecule has 1 aliphatic heterocycles. The van der Waals surface area contributed by atoms with E-state index in [9.17, 15) is 0 Å². The van der Waals surface area contributed by atoms with Crippen molar-refractivity contribution in [1.82, 2.24) is 4.90 Å². The molecular weight excluding hydrogens is 273 g/mol. The molecule has 0 saturated carbocycles. The van der Waals surface area contributed by atoms with Crippen LogP contribution in [0.25, 0.3) is 0 Å². The SMILES string of the molecule is CCCCCCC[C](=[Rh])N1CCCCC1. The van der Waals surface area contributed by atoms with Gasteiger partial charge in [0.2, 0.25) is 0 Å². The Kier molecular flexibility index (Phi) is 7.74. The number of likely N-dealkylation sites (tertiary alicyclic amines) is 1. The number of piperidine rings is 1. The van der Waals surface area contributed by atoms with E-state index in [4.69, 9.17) is 0 Å². The average molecular weight is 298 g/mol. The Morgan fingerprint density at radius 1 is 1.00 bits per heavy atom. The van der Waals surface area contributed by atoms with Crippen LogP contribution < -0.4 is 0 Å². The van der Waals surface area contributed by atoms with Crippen LogP contribution in [0.1, 0.15) is 64.7 Å². The zero-order valence-corrected chi connectivity index (χ0v) is 11.7. The van der Waals surface area contributed by atoms with Crippen molar-refractivity contribution < 1.29 is 17.9 Å². The molecule has 91 valence electrons. The molecule has 1 nitrogen and oxygen atoms in total. The van der Waals surface area contributed by atoms with E-state index >= 15 is 0 Å². The Balaban J connectivity index is 2.02. The van der Waals surface area contributed by atoms with E-state index in [0.29, 0.717) is 0 Å². The quantitative estimate of drug-likeness (QED) is 0.513. The van der Waals surface area contributed by atoms with Crippen molar-refractivity contribution in [3.05, 3.63) is 0 Å². The Morgan fingerprint density at radius 3 is 2.33 bits per heavy atom. The second-order valence-corrected chi connectivity index (χ2v) is 5.51. The van der Waals surface area contributed by atoms with Gasteiger partial charge in [0.25, 0.3) is 0 Å². The van der Waals surface area contributed by atoms with Crippen LogP contribution in [0, 0.1) is 0 Å². The molecule has 0 radical (unpaired) electrons. The first-order chi connectivity index (χ1) is 7.34. The summed E-state index contributed by atoms with van der Waals surface area (Å²) in [6.07, 6.45) is 12.5. The molecule has 0 aromatic heterocycles. The van der Waals surface area contributed by atoms with E-state index in [1.165, 1.54) is 75.1 Å². The molecule has 2 heteroatoms. The Labute approximate surface area is 105 Å². The van der Waals surface area contributed by atoms with Gasteiger partial charge in [-0.05, 0) is 0 Å². The third kappa shape index (κ3) is 5.92. The summed E-state index contributed by atoms with van der Waals surface area (Å²) in [6.45, 7) is 4.86. The Bertz CT molecular complexity index is 173. The fourth-order valence-electron chi connectivity index (χ4n) is 2.15. The fourth-order valence-corrected chi connectivity index (χ4v) is 2.81. The van der Waals surface area contributed by atoms with Gasteiger partial charge < -0.3 is 0 Å². The van der Waals surface area contributed by atoms with Crippen LogP contribution in [-0.2, 0) is 17.9 Å². The van der Waals surface area contributed by atoms with Crippen LogP contribution >= 0.6 is 0 Å². The molecule has 0 N–H and O–H groups in total. The van der Waals surface area contributed by atoms with Crippen LogP contribution in [0.2, 0.25) is 0 Å². The predicted molar refractivity (Wildman–Crippen MR) is 63.8 cm³/mol. The molecule has 15 heavy (non-hydrogen) atoms. The van der Waals surface area contributed by atoms with Crippen molar-refractivity contribution in [1.29, 1.82) is 0 Å². The summed E-state index contributed by atoms with van der Waals surface area (Å²) in [5.41, 5.74) is 0. The van der Waals surface area contributed by atoms with E-state index in [1.54, 1.807) is 0 Å². The van der Waals surface area contributed by atoms with E-state index in [1.807, 2.05) is 0 Å². The van der Waals surface area contributed by atoms with Gasteiger partial charge in [-0.15, -0.1) is 0 Å². The fraction of sp³-hybridized carbons (Fsp3) is 0.923. The van der Waals surface area contributed by atoms with Gasteiger partial charge in [-0.3, -0.25) is 0 Å². The normalized spacial score (nSPS) is 18.0. The van der Waals surface area contributed by atoms with Crippen LogP contribution in [0.5, 0.6) is 0 Å². The zero-order chi connectivity index (χ0) is 10.9. The van der Waals surface area contributed by atoms with Crippen molar-refractivity contribution >= 4 is 4.23 Å². The molecular formula is C13H25NRh. The maximum absolute atomic E-state index is 3.17. The average Bonchev–Trinajstić information content (AvgIpc) is 2.30. The third-order valence-electron chi connectivity index (χ3n) is 3.16. The van der Waals surface area contributed by atoms with Crippen LogP contribution in [0.3, 0.4) is 0 Å². The van der Waals surface area contributed by atoms with Gasteiger partial charge in [-0.2, -0.15) is 0 Å². The molecule has 0 unspecified atom stereocenters. The van der Waals surface area contributed by atoms with Gasteiger partial charge in [-0.1, -0.05) is 0 Å². The number of nitrogens with zero attached hydrogens (tertiary/aromatic N) is 1. The Hall–Kier alpha value is 0.453. The summed E-state index contributed by atoms with van der Waals surface area (Å²) < 4.78 is 1.53. The van der Waals surface area contributed by atoms with Crippen molar-refractivity contribution in [2.45, 2.75) is 64.7 Å². The molecule has 0 spiro atoms. The molecule has 0 aromatic carbocycles. The van der Waals surface area contributed by atoms with Crippen molar-refractivity contribution in [3.8, 4) is 0 Å². The molecule has 1 saturated heterocycles. The van der Waals surface area contributed by atoms with Gasteiger partial charge in [0.15, 0.2) is 0 Å². The molecule has 1 heterocycles. The van der Waals surface area contributed by atoms with E-state index in [2.05, 4.69) is 29.7 Å². The minimum absolute atomic E-state index is 1.29. The molecule has 0 aromatic rings. The molecule has 1 fully saturated rings. The van der Waals surface area contributed by atoms with E-state index < -0.39 is 0 Å². The molecule has 1 aliphatic rings. The minimum atomic E-state index is 1.29. The number of hydrogen-bond donors (Lipinski definition) is 0. The maximum atomic E-state index is 3.17. The number of unbranched alkanes of at least 4 members (excludes halogenated alkanes) is 4. The molecule has 0 bridgehead atoms. The summed E-state index contributed by atoms with van der Waals surface area (Å²) in [5.74, 6) is 0. The van der Waals surface area contributed by atoms with Crippen LogP contribution in [-0.4, -0.2) is 22.2 Å². The summed E-state index contributed by atoms with van der Waals surface area (Å²) in [4.78, 5) is 2.57. The topological polar surface area (TPSA) is 3.24 Å². The second-order valence-electron chi connectivity index (χ2n) is 4.56. The van der Waals surface area contributed by atoms with Crippen LogP contribution in [0.4, 0.5) is 0 Å². The molecule has 0 amide bonds. The van der Waals surface area contributed by atoms with Gasteiger partial charge >= 0.3 is 105 Å². The van der Waals surface area contributed by atoms with Gasteiger partial charge in [0, 0.05) is 0 Å². The molecule has 1 rings (SSSR count). The molecule has 0 aliphatic carbocycles. The standard InChI is InChI=1S/C13H25N.Rh/c1-2-3-4-5-6-8-11-14-12-9-7-10-13-14;/h2-10,12-13H2,1H3;. The van der Waals surface area contributed by atoms with Crippen molar-refractivity contribution in [2.24, 2.45) is 0 Å². The summed E-state index contributed by atoms with van der Waals surface area (Å²) in [7, 11) is 0. The third-order valence-corrected chi connectivity index (χ3v) is 4.09. The number of rotatable bonds is 7. The first-order valence-electron chi connectivity index (χ1n) is 6.58. The van der Waals surface area contributed by atoms with Crippen molar-refractivity contribution in [2.75, 3.05) is 13.1 Å².